The monoisotopic (exact) mass is 516 g/mol. The van der Waals surface area contributed by atoms with Gasteiger partial charge in [0.05, 0.1) is 11.8 Å². The van der Waals surface area contributed by atoms with Crippen LogP contribution in [-0.4, -0.2) is 12.1 Å². The van der Waals surface area contributed by atoms with Crippen molar-refractivity contribution in [3.05, 3.63) is 111 Å². The molecule has 0 saturated carbocycles. The van der Waals surface area contributed by atoms with Crippen molar-refractivity contribution in [3.8, 4) is 5.75 Å². The van der Waals surface area contributed by atoms with E-state index in [0.717, 1.165) is 28.5 Å². The summed E-state index contributed by atoms with van der Waals surface area (Å²) in [6.45, 7) is 0.159. The van der Waals surface area contributed by atoms with Gasteiger partial charge in [0.15, 0.2) is 0 Å². The number of carbonyl (C=O) groups excluding carboxylic acids is 1. The van der Waals surface area contributed by atoms with Crippen LogP contribution in [0.5, 0.6) is 5.75 Å². The number of rotatable bonds is 6. The van der Waals surface area contributed by atoms with Gasteiger partial charge in [-0.15, -0.1) is 0 Å². The summed E-state index contributed by atoms with van der Waals surface area (Å²) in [6.07, 6.45) is -3.16. The zero-order valence-corrected chi connectivity index (χ0v) is 19.5. The first kappa shape index (κ1) is 24.6. The molecule has 1 amide bonds. The van der Waals surface area contributed by atoms with Crippen LogP contribution in [0.4, 0.5) is 13.2 Å². The van der Waals surface area contributed by atoms with E-state index in [1.54, 1.807) is 24.3 Å². The number of benzene rings is 4. The number of alkyl halides is 3. The Morgan fingerprint density at radius 3 is 2.54 bits per heavy atom. The molecule has 4 aromatic rings. The predicted molar refractivity (Wildman–Crippen MR) is 131 cm³/mol. The summed E-state index contributed by atoms with van der Waals surface area (Å²) in [4.78, 5) is 12.4. The molecular formula is C26H17Cl2F3N2O2. The number of halogens is 5. The zero-order chi connectivity index (χ0) is 25.0. The molecule has 4 aromatic carbocycles. The molecule has 0 fully saturated rings. The van der Waals surface area contributed by atoms with Crippen LogP contribution in [0.1, 0.15) is 27.0 Å². The number of nitrogens with one attached hydrogen (secondary N) is 1. The Labute approximate surface area is 208 Å². The normalized spacial score (nSPS) is 11.7. The molecule has 0 radical (unpaired) electrons. The van der Waals surface area contributed by atoms with Gasteiger partial charge in [-0.3, -0.25) is 4.79 Å². The number of carbonyl (C=O) groups is 1. The quantitative estimate of drug-likeness (QED) is 0.213. The summed E-state index contributed by atoms with van der Waals surface area (Å²) in [7, 11) is 0. The molecule has 0 aliphatic rings. The fraction of sp³-hybridized carbons (Fsp3) is 0.0769. The minimum absolute atomic E-state index is 0.159. The van der Waals surface area contributed by atoms with Crippen LogP contribution in [-0.2, 0) is 12.8 Å². The van der Waals surface area contributed by atoms with Crippen LogP contribution >= 0.6 is 23.2 Å². The van der Waals surface area contributed by atoms with E-state index in [2.05, 4.69) is 10.5 Å². The van der Waals surface area contributed by atoms with E-state index >= 15 is 0 Å². The Bertz CT molecular complexity index is 1420. The molecule has 0 aliphatic heterocycles. The zero-order valence-electron chi connectivity index (χ0n) is 17.9. The molecule has 178 valence electrons. The largest absolute Gasteiger partial charge is 0.488 e. The molecule has 35 heavy (non-hydrogen) atoms. The van der Waals surface area contributed by atoms with Crippen molar-refractivity contribution < 1.29 is 22.7 Å². The summed E-state index contributed by atoms with van der Waals surface area (Å²) < 4.78 is 44.8. The van der Waals surface area contributed by atoms with Crippen molar-refractivity contribution in [2.75, 3.05) is 0 Å². The minimum Gasteiger partial charge on any atom is -0.488 e. The van der Waals surface area contributed by atoms with Gasteiger partial charge in [0.2, 0.25) is 0 Å². The average Bonchev–Trinajstić information content (AvgIpc) is 2.83. The first-order valence-electron chi connectivity index (χ1n) is 10.3. The van der Waals surface area contributed by atoms with Crippen LogP contribution in [0, 0.1) is 0 Å². The van der Waals surface area contributed by atoms with Crippen molar-refractivity contribution in [1.29, 1.82) is 0 Å². The van der Waals surface area contributed by atoms with Crippen molar-refractivity contribution in [3.63, 3.8) is 0 Å². The number of hydrogen-bond acceptors (Lipinski definition) is 3. The average molecular weight is 517 g/mol. The molecular weight excluding hydrogens is 500 g/mol. The smallest absolute Gasteiger partial charge is 0.416 e. The summed E-state index contributed by atoms with van der Waals surface area (Å²) in [5.74, 6) is -0.296. The third-order valence-corrected chi connectivity index (χ3v) is 5.73. The fourth-order valence-electron chi connectivity index (χ4n) is 3.39. The third kappa shape index (κ3) is 5.93. The molecule has 0 unspecified atom stereocenters. The highest BCUT2D eigenvalue weighted by molar-refractivity contribution is 6.35. The number of ether oxygens (including phenoxy) is 1. The second-order valence-electron chi connectivity index (χ2n) is 7.50. The van der Waals surface area contributed by atoms with Gasteiger partial charge in [0.25, 0.3) is 5.91 Å². The second kappa shape index (κ2) is 10.4. The SMILES string of the molecule is O=C(NN=Cc1c(OCc2ccc(Cl)cc2Cl)ccc2ccccc12)c1cccc(C(F)(F)F)c1. The maximum atomic E-state index is 12.9. The maximum Gasteiger partial charge on any atom is 0.416 e. The van der Waals surface area contributed by atoms with Gasteiger partial charge in [-0.2, -0.15) is 18.3 Å². The van der Waals surface area contributed by atoms with E-state index in [1.165, 1.54) is 18.3 Å². The van der Waals surface area contributed by atoms with E-state index in [-0.39, 0.29) is 12.2 Å². The minimum atomic E-state index is -4.55. The number of fused-ring (bicyclic) bond motifs is 1. The molecule has 0 saturated heterocycles. The number of hydrogen-bond donors (Lipinski definition) is 1. The van der Waals surface area contributed by atoms with E-state index in [4.69, 9.17) is 27.9 Å². The van der Waals surface area contributed by atoms with E-state index in [0.29, 0.717) is 21.4 Å². The van der Waals surface area contributed by atoms with Gasteiger partial charge in [0, 0.05) is 26.7 Å². The molecule has 1 N–H and O–H groups in total. The van der Waals surface area contributed by atoms with Crippen molar-refractivity contribution >= 4 is 46.1 Å². The highest BCUT2D eigenvalue weighted by atomic mass is 35.5. The summed E-state index contributed by atoms with van der Waals surface area (Å²) >= 11 is 12.2. The lowest BCUT2D eigenvalue weighted by Crippen LogP contribution is -2.18. The lowest BCUT2D eigenvalue weighted by atomic mass is 10.0. The number of hydrazone groups is 1. The molecule has 0 atom stereocenters. The van der Waals surface area contributed by atoms with E-state index < -0.39 is 17.6 Å². The van der Waals surface area contributed by atoms with Crippen molar-refractivity contribution in [2.24, 2.45) is 5.10 Å². The van der Waals surface area contributed by atoms with Crippen LogP contribution in [0.3, 0.4) is 0 Å². The number of amides is 1. The highest BCUT2D eigenvalue weighted by Gasteiger charge is 2.30. The standard InChI is InChI=1S/C26H17Cl2F3N2O2/c27-20-10-8-18(23(28)13-20)15-35-24-11-9-16-4-1-2-7-21(16)22(24)14-32-33-25(34)17-5-3-6-19(12-17)26(29,30)31/h1-14H,15H2,(H,33,34). The molecule has 0 heterocycles. The van der Waals surface area contributed by atoms with Crippen LogP contribution in [0.15, 0.2) is 84.0 Å². The van der Waals surface area contributed by atoms with Gasteiger partial charge in [-0.1, -0.05) is 65.7 Å². The van der Waals surface area contributed by atoms with Crippen molar-refractivity contribution in [1.82, 2.24) is 5.43 Å². The molecule has 0 spiro atoms. The third-order valence-electron chi connectivity index (χ3n) is 5.14. The highest BCUT2D eigenvalue weighted by Crippen LogP contribution is 2.30. The maximum absolute atomic E-state index is 12.9. The van der Waals surface area contributed by atoms with Gasteiger partial charge in [0.1, 0.15) is 12.4 Å². The molecule has 0 aliphatic carbocycles. The van der Waals surface area contributed by atoms with Crippen LogP contribution in [0.2, 0.25) is 10.0 Å². The fourth-order valence-corrected chi connectivity index (χ4v) is 3.85. The molecule has 0 aromatic heterocycles. The van der Waals surface area contributed by atoms with Crippen LogP contribution < -0.4 is 10.2 Å². The topological polar surface area (TPSA) is 50.7 Å². The van der Waals surface area contributed by atoms with Gasteiger partial charge < -0.3 is 4.74 Å². The Kier molecular flexibility index (Phi) is 7.28. The molecule has 4 nitrogen and oxygen atoms in total. The Morgan fingerprint density at radius 2 is 1.77 bits per heavy atom. The Balaban J connectivity index is 1.58. The summed E-state index contributed by atoms with van der Waals surface area (Å²) in [5, 5.41) is 6.67. The van der Waals surface area contributed by atoms with E-state index in [9.17, 15) is 18.0 Å². The summed E-state index contributed by atoms with van der Waals surface area (Å²) in [6, 6.07) is 20.4. The Hall–Kier alpha value is -3.55. The summed E-state index contributed by atoms with van der Waals surface area (Å²) in [5.41, 5.74) is 2.51. The molecule has 4 rings (SSSR count). The van der Waals surface area contributed by atoms with Crippen molar-refractivity contribution in [2.45, 2.75) is 12.8 Å². The van der Waals surface area contributed by atoms with E-state index in [1.807, 2.05) is 30.3 Å². The first-order chi connectivity index (χ1) is 16.7. The van der Waals surface area contributed by atoms with Gasteiger partial charge in [-0.25, -0.2) is 5.43 Å². The first-order valence-corrected chi connectivity index (χ1v) is 11.1. The lowest BCUT2D eigenvalue weighted by Gasteiger charge is -2.13. The number of nitrogens with zero attached hydrogens (tertiary/aromatic N) is 1. The lowest BCUT2D eigenvalue weighted by molar-refractivity contribution is -0.137. The molecule has 0 bridgehead atoms. The van der Waals surface area contributed by atoms with Gasteiger partial charge >= 0.3 is 6.18 Å². The van der Waals surface area contributed by atoms with Gasteiger partial charge in [-0.05, 0) is 47.2 Å². The second-order valence-corrected chi connectivity index (χ2v) is 8.34. The molecule has 9 heteroatoms. The Morgan fingerprint density at radius 1 is 0.971 bits per heavy atom. The van der Waals surface area contributed by atoms with Crippen LogP contribution in [0.25, 0.3) is 10.8 Å². The predicted octanol–water partition coefficient (Wildman–Crippen LogP) is 7.51.